The minimum atomic E-state index is -0.923. The van der Waals surface area contributed by atoms with Crippen molar-refractivity contribution in [2.45, 2.75) is 42.9 Å². The van der Waals surface area contributed by atoms with Crippen molar-refractivity contribution in [1.82, 2.24) is 4.90 Å². The van der Waals surface area contributed by atoms with Gasteiger partial charge in [0.2, 0.25) is 11.0 Å². The number of carbonyl (C=O) groups is 2. The lowest BCUT2D eigenvalue weighted by Gasteiger charge is -2.59. The summed E-state index contributed by atoms with van der Waals surface area (Å²) in [5.74, 6) is 0.532. The molecule has 3 nitrogen and oxygen atoms in total. The van der Waals surface area contributed by atoms with Gasteiger partial charge >= 0.3 is 0 Å². The van der Waals surface area contributed by atoms with Crippen molar-refractivity contribution in [2.24, 2.45) is 11.3 Å². The van der Waals surface area contributed by atoms with Gasteiger partial charge in [0, 0.05) is 12.0 Å². The smallest absolute Gasteiger partial charge is 0.242 e. The van der Waals surface area contributed by atoms with Crippen LogP contribution in [0.25, 0.3) is 0 Å². The zero-order valence-electron chi connectivity index (χ0n) is 12.7. The molecule has 1 aliphatic carbocycles. The normalized spacial score (nSPS) is 45.5. The topological polar surface area (TPSA) is 37.4 Å². The van der Waals surface area contributed by atoms with Crippen LogP contribution in [0.2, 0.25) is 0 Å². The Bertz CT molecular complexity index is 704. The largest absolute Gasteiger partial charge is 0.325 e. The van der Waals surface area contributed by atoms with Gasteiger partial charge in [0.15, 0.2) is 0 Å². The number of piperidine rings is 1. The van der Waals surface area contributed by atoms with E-state index >= 15 is 0 Å². The molecule has 1 unspecified atom stereocenters. The maximum atomic E-state index is 13.3. The fourth-order valence-corrected chi connectivity index (χ4v) is 7.51. The van der Waals surface area contributed by atoms with Gasteiger partial charge in [0.25, 0.3) is 0 Å². The molecule has 4 heteroatoms. The van der Waals surface area contributed by atoms with Crippen LogP contribution in [0.4, 0.5) is 0 Å². The van der Waals surface area contributed by atoms with Crippen molar-refractivity contribution in [2.75, 3.05) is 6.54 Å². The van der Waals surface area contributed by atoms with Crippen molar-refractivity contribution >= 4 is 22.8 Å². The molecule has 2 bridgehead atoms. The van der Waals surface area contributed by atoms with E-state index < -0.39 is 5.41 Å². The highest BCUT2D eigenvalue weighted by atomic mass is 32.2. The number of thioether (sulfide) groups is 1. The number of rotatable bonds is 1. The predicted octanol–water partition coefficient (Wildman–Crippen LogP) is 2.95. The standard InChI is InChI=1S/C18H19NO2S/c1-16-8-7-13-11-17(12-5-3-2-4-6-12)14(20)19(10-9-16)18(13,16)22-15(17)21/h2-6,13H,7-11H2,1H3/t13?,16-,17-,18+/m0/s1. The molecule has 1 aromatic rings. The Labute approximate surface area is 134 Å². The van der Waals surface area contributed by atoms with Crippen LogP contribution in [0.1, 0.15) is 38.2 Å². The summed E-state index contributed by atoms with van der Waals surface area (Å²) in [6.45, 7) is 3.11. The van der Waals surface area contributed by atoms with Gasteiger partial charge in [-0.05, 0) is 37.2 Å². The third-order valence-corrected chi connectivity index (χ3v) is 8.67. The van der Waals surface area contributed by atoms with E-state index in [2.05, 4.69) is 11.8 Å². The third kappa shape index (κ3) is 1.14. The molecule has 6 rings (SSSR count). The molecule has 114 valence electrons. The van der Waals surface area contributed by atoms with Crippen LogP contribution in [0.3, 0.4) is 0 Å². The average Bonchev–Trinajstić information content (AvgIpc) is 2.97. The van der Waals surface area contributed by atoms with Gasteiger partial charge < -0.3 is 4.90 Å². The molecule has 4 saturated heterocycles. The fourth-order valence-electron chi connectivity index (χ4n) is 5.66. The van der Waals surface area contributed by atoms with Crippen molar-refractivity contribution < 1.29 is 9.59 Å². The molecule has 1 saturated carbocycles. The summed E-state index contributed by atoms with van der Waals surface area (Å²) >= 11 is 1.50. The maximum absolute atomic E-state index is 13.3. The number of nitrogens with zero attached hydrogens (tertiary/aromatic N) is 1. The Morgan fingerprint density at radius 3 is 2.73 bits per heavy atom. The van der Waals surface area contributed by atoms with E-state index in [1.807, 2.05) is 30.3 Å². The van der Waals surface area contributed by atoms with Gasteiger partial charge in [0.1, 0.15) is 10.3 Å². The van der Waals surface area contributed by atoms with Crippen LogP contribution in [0.5, 0.6) is 0 Å². The lowest BCUT2D eigenvalue weighted by molar-refractivity contribution is -0.153. The Kier molecular flexibility index (Phi) is 2.27. The Morgan fingerprint density at radius 2 is 1.95 bits per heavy atom. The van der Waals surface area contributed by atoms with Crippen molar-refractivity contribution in [3.63, 3.8) is 0 Å². The summed E-state index contributed by atoms with van der Waals surface area (Å²) in [5.41, 5.74) is 0.0940. The molecule has 0 radical (unpaired) electrons. The molecular weight excluding hydrogens is 294 g/mol. The number of benzene rings is 1. The van der Waals surface area contributed by atoms with E-state index in [1.54, 1.807) is 0 Å². The molecule has 1 spiro atoms. The molecule has 5 aliphatic rings. The SMILES string of the molecule is C[C@@]12CCC3C[C@@]4(c5ccccc5)C(=O)S[C@]31N(CC2)C4=O. The van der Waals surface area contributed by atoms with Gasteiger partial charge in [-0.1, -0.05) is 49.0 Å². The van der Waals surface area contributed by atoms with Gasteiger partial charge in [0.05, 0.1) is 0 Å². The highest BCUT2D eigenvalue weighted by molar-refractivity contribution is 8.15. The van der Waals surface area contributed by atoms with Crippen molar-refractivity contribution in [3.05, 3.63) is 35.9 Å². The first-order valence-electron chi connectivity index (χ1n) is 8.16. The summed E-state index contributed by atoms with van der Waals surface area (Å²) in [5, 5.41) is 0.0891. The first-order chi connectivity index (χ1) is 10.5. The number of carbonyl (C=O) groups excluding carboxylic acids is 2. The second-order valence-electron chi connectivity index (χ2n) is 7.56. The first kappa shape index (κ1) is 13.2. The van der Waals surface area contributed by atoms with E-state index in [0.717, 1.165) is 31.4 Å². The zero-order valence-corrected chi connectivity index (χ0v) is 13.5. The molecule has 4 atom stereocenters. The number of amides is 1. The highest BCUT2D eigenvalue weighted by Crippen LogP contribution is 2.73. The van der Waals surface area contributed by atoms with Crippen LogP contribution in [0, 0.1) is 11.3 Å². The second-order valence-corrected chi connectivity index (χ2v) is 8.76. The van der Waals surface area contributed by atoms with Crippen molar-refractivity contribution in [1.29, 1.82) is 0 Å². The van der Waals surface area contributed by atoms with Gasteiger partial charge in [-0.15, -0.1) is 0 Å². The molecular formula is C18H19NO2S. The fraction of sp³-hybridized carbons (Fsp3) is 0.556. The van der Waals surface area contributed by atoms with Crippen LogP contribution in [0.15, 0.2) is 30.3 Å². The number of fused-ring (bicyclic) bond motifs is 1. The minimum absolute atomic E-state index is 0.0734. The molecule has 22 heavy (non-hydrogen) atoms. The molecule has 4 aliphatic heterocycles. The summed E-state index contributed by atoms with van der Waals surface area (Å²) < 4.78 is 0. The van der Waals surface area contributed by atoms with Gasteiger partial charge in [-0.3, -0.25) is 9.59 Å². The molecule has 1 aromatic carbocycles. The number of hydrogen-bond donors (Lipinski definition) is 0. The van der Waals surface area contributed by atoms with Gasteiger partial charge in [-0.2, -0.15) is 0 Å². The maximum Gasteiger partial charge on any atom is 0.242 e. The van der Waals surface area contributed by atoms with E-state index in [0.29, 0.717) is 12.3 Å². The van der Waals surface area contributed by atoms with Crippen LogP contribution in [-0.4, -0.2) is 27.3 Å². The molecule has 0 N–H and O–H groups in total. The summed E-state index contributed by atoms with van der Waals surface area (Å²) in [4.78, 5) is 28.3. The van der Waals surface area contributed by atoms with Crippen LogP contribution >= 0.6 is 11.8 Å². The molecule has 1 amide bonds. The predicted molar refractivity (Wildman–Crippen MR) is 85.2 cm³/mol. The monoisotopic (exact) mass is 313 g/mol. The minimum Gasteiger partial charge on any atom is -0.325 e. The average molecular weight is 313 g/mol. The third-order valence-electron chi connectivity index (χ3n) is 6.78. The summed E-state index contributed by atoms with van der Waals surface area (Å²) in [6, 6.07) is 9.74. The lowest BCUT2D eigenvalue weighted by atomic mass is 9.67. The quantitative estimate of drug-likeness (QED) is 0.748. The lowest BCUT2D eigenvalue weighted by Crippen LogP contribution is -2.71. The molecule has 5 fully saturated rings. The molecule has 4 heterocycles. The van der Waals surface area contributed by atoms with Crippen LogP contribution in [-0.2, 0) is 15.0 Å². The summed E-state index contributed by atoms with van der Waals surface area (Å²) in [6.07, 6.45) is 4.05. The van der Waals surface area contributed by atoms with E-state index in [-0.39, 0.29) is 21.3 Å². The molecule has 0 aromatic heterocycles. The number of hydrogen-bond acceptors (Lipinski definition) is 3. The highest BCUT2D eigenvalue weighted by Gasteiger charge is 2.77. The van der Waals surface area contributed by atoms with E-state index in [9.17, 15) is 9.59 Å². The Balaban J connectivity index is 1.75. The van der Waals surface area contributed by atoms with E-state index in [1.165, 1.54) is 11.8 Å². The van der Waals surface area contributed by atoms with E-state index in [4.69, 9.17) is 0 Å². The Hall–Kier alpha value is -1.29. The van der Waals surface area contributed by atoms with Gasteiger partial charge in [-0.25, -0.2) is 0 Å². The zero-order chi connectivity index (χ0) is 15.2. The summed E-state index contributed by atoms with van der Waals surface area (Å²) in [7, 11) is 0. The van der Waals surface area contributed by atoms with Crippen molar-refractivity contribution in [3.8, 4) is 0 Å². The Morgan fingerprint density at radius 1 is 1.18 bits per heavy atom. The second kappa shape index (κ2) is 3.78. The first-order valence-corrected chi connectivity index (χ1v) is 8.97. The van der Waals surface area contributed by atoms with Crippen LogP contribution < -0.4 is 0 Å².